The van der Waals surface area contributed by atoms with Gasteiger partial charge in [0.05, 0.1) is 11.1 Å². The van der Waals surface area contributed by atoms with E-state index in [1.54, 1.807) is 0 Å². The Morgan fingerprint density at radius 2 is 0.831 bits per heavy atom. The molecule has 0 atom stereocenters. The number of anilines is 3. The highest BCUT2D eigenvalue weighted by Crippen LogP contribution is 2.57. The lowest BCUT2D eigenvalue weighted by atomic mass is 9.67. The van der Waals surface area contributed by atoms with Crippen molar-refractivity contribution in [1.82, 2.24) is 0 Å². The Balaban J connectivity index is 0.956. The molecule has 0 spiro atoms. The van der Waals surface area contributed by atoms with Gasteiger partial charge in [0.25, 0.3) is 0 Å². The summed E-state index contributed by atoms with van der Waals surface area (Å²) < 4.78 is 6.52. The van der Waals surface area contributed by atoms with Crippen LogP contribution in [0.1, 0.15) is 22.3 Å². The van der Waals surface area contributed by atoms with Gasteiger partial charge in [-0.05, 0) is 149 Å². The first-order chi connectivity index (χ1) is 35.2. The lowest BCUT2D eigenvalue weighted by Crippen LogP contribution is -2.28. The molecule has 0 unspecified atom stereocenters. The second-order valence-corrected chi connectivity index (χ2v) is 18.8. The zero-order valence-corrected chi connectivity index (χ0v) is 38.8. The summed E-state index contributed by atoms with van der Waals surface area (Å²) in [6.45, 7) is 0. The highest BCUT2D eigenvalue weighted by Gasteiger charge is 2.46. The van der Waals surface area contributed by atoms with Crippen molar-refractivity contribution in [3.05, 3.63) is 295 Å². The molecule has 0 aliphatic heterocycles. The molecule has 0 N–H and O–H groups in total. The van der Waals surface area contributed by atoms with Crippen molar-refractivity contribution in [3.63, 3.8) is 0 Å². The molecule has 1 heterocycles. The normalized spacial score (nSPS) is 12.6. The average molecular weight is 904 g/mol. The number of hydrogen-bond acceptors (Lipinski definition) is 2. The molecule has 1 aliphatic rings. The predicted octanol–water partition coefficient (Wildman–Crippen LogP) is 18.7. The molecule has 12 aromatic carbocycles. The van der Waals surface area contributed by atoms with E-state index >= 15 is 0 Å². The topological polar surface area (TPSA) is 16.4 Å². The van der Waals surface area contributed by atoms with Gasteiger partial charge in [0.2, 0.25) is 0 Å². The summed E-state index contributed by atoms with van der Waals surface area (Å²) in [6, 6.07) is 100. The van der Waals surface area contributed by atoms with E-state index < -0.39 is 5.41 Å². The smallest absolute Gasteiger partial charge is 0.136 e. The summed E-state index contributed by atoms with van der Waals surface area (Å²) >= 11 is 0. The molecule has 0 fully saturated rings. The Hall–Kier alpha value is -9.24. The van der Waals surface area contributed by atoms with Crippen LogP contribution in [-0.2, 0) is 5.41 Å². The number of furan rings is 1. The second kappa shape index (κ2) is 16.5. The molecule has 0 amide bonds. The SMILES string of the molecule is c1ccc(C2(c3ccccc3)c3ccccc3-c3ccc(N(c4ccc(-c5cccc(-c6ccc7ccccc7c6)c5)cc4)c4ccccc4-c4ccc5oc6cc7ccccc7cc6c5c4)cc32)cc1. The first-order valence-electron chi connectivity index (χ1n) is 24.5. The third-order valence-corrected chi connectivity index (χ3v) is 14.9. The lowest BCUT2D eigenvalue weighted by Gasteiger charge is -2.35. The number of hydrogen-bond donors (Lipinski definition) is 0. The summed E-state index contributed by atoms with van der Waals surface area (Å²) in [6.07, 6.45) is 0. The molecule has 0 radical (unpaired) electrons. The average Bonchev–Trinajstić information content (AvgIpc) is 3.96. The standard InChI is InChI=1S/C69H45NO/c1-3-22-55(23-4-1)69(56-24-5-2-6-25-56)64-28-13-11-27-60(64)61-38-37-58(45-65(61)69)70(57-35-32-47(33-36-57)49-20-15-21-50(40-49)53-31-30-46-16-7-8-17-48(46)41-53)66-29-14-12-26-59(66)54-34-39-67-62(43-54)63-42-51-18-9-10-19-52(51)44-68(63)71-67/h1-45H. The van der Waals surface area contributed by atoms with E-state index in [1.165, 1.54) is 71.6 Å². The molecule has 0 saturated heterocycles. The third-order valence-electron chi connectivity index (χ3n) is 14.9. The van der Waals surface area contributed by atoms with Crippen LogP contribution in [0.25, 0.3) is 88.0 Å². The maximum absolute atomic E-state index is 6.52. The monoisotopic (exact) mass is 903 g/mol. The summed E-state index contributed by atoms with van der Waals surface area (Å²) in [4.78, 5) is 2.46. The van der Waals surface area contributed by atoms with Crippen LogP contribution in [0.2, 0.25) is 0 Å². The molecule has 2 heteroatoms. The third kappa shape index (κ3) is 6.64. The highest BCUT2D eigenvalue weighted by molar-refractivity contribution is 6.11. The molecule has 1 aromatic heterocycles. The van der Waals surface area contributed by atoms with Gasteiger partial charge in [0, 0.05) is 27.7 Å². The van der Waals surface area contributed by atoms with Gasteiger partial charge in [0.1, 0.15) is 11.2 Å². The van der Waals surface area contributed by atoms with Crippen LogP contribution in [0.4, 0.5) is 17.1 Å². The van der Waals surface area contributed by atoms with Gasteiger partial charge in [0.15, 0.2) is 0 Å². The number of rotatable bonds is 8. The van der Waals surface area contributed by atoms with E-state index in [0.717, 1.165) is 55.7 Å². The van der Waals surface area contributed by atoms with Crippen molar-refractivity contribution >= 4 is 60.5 Å². The zero-order chi connectivity index (χ0) is 46.9. The molecule has 14 rings (SSSR count). The summed E-state index contributed by atoms with van der Waals surface area (Å²) in [5, 5.41) is 7.08. The van der Waals surface area contributed by atoms with E-state index in [-0.39, 0.29) is 0 Å². The van der Waals surface area contributed by atoms with Gasteiger partial charge >= 0.3 is 0 Å². The molecule has 0 saturated carbocycles. The number of nitrogens with zero attached hydrogens (tertiary/aromatic N) is 1. The first kappa shape index (κ1) is 40.8. The van der Waals surface area contributed by atoms with Gasteiger partial charge in [-0.1, -0.05) is 206 Å². The van der Waals surface area contributed by atoms with E-state index in [4.69, 9.17) is 4.42 Å². The first-order valence-corrected chi connectivity index (χ1v) is 24.5. The Labute approximate surface area is 413 Å². The summed E-state index contributed by atoms with van der Waals surface area (Å²) in [5.74, 6) is 0. The minimum Gasteiger partial charge on any atom is -0.456 e. The van der Waals surface area contributed by atoms with Crippen molar-refractivity contribution in [3.8, 4) is 44.5 Å². The van der Waals surface area contributed by atoms with Crippen LogP contribution in [0.5, 0.6) is 0 Å². The van der Waals surface area contributed by atoms with Gasteiger partial charge in [-0.15, -0.1) is 0 Å². The maximum Gasteiger partial charge on any atom is 0.136 e. The van der Waals surface area contributed by atoms with Crippen molar-refractivity contribution in [1.29, 1.82) is 0 Å². The minimum atomic E-state index is -0.549. The molecule has 2 nitrogen and oxygen atoms in total. The van der Waals surface area contributed by atoms with Crippen molar-refractivity contribution < 1.29 is 4.42 Å². The Morgan fingerprint density at radius 1 is 0.282 bits per heavy atom. The Kier molecular flexibility index (Phi) is 9.47. The Bertz CT molecular complexity index is 4130. The molecule has 332 valence electrons. The highest BCUT2D eigenvalue weighted by atomic mass is 16.3. The van der Waals surface area contributed by atoms with Crippen molar-refractivity contribution in [2.24, 2.45) is 0 Å². The fraction of sp³-hybridized carbons (Fsp3) is 0.0145. The van der Waals surface area contributed by atoms with Crippen LogP contribution in [0.15, 0.2) is 277 Å². The van der Waals surface area contributed by atoms with E-state index in [0.29, 0.717) is 0 Å². The van der Waals surface area contributed by atoms with Crippen LogP contribution in [-0.4, -0.2) is 0 Å². The van der Waals surface area contributed by atoms with Gasteiger partial charge in [-0.3, -0.25) is 0 Å². The van der Waals surface area contributed by atoms with E-state index in [1.807, 2.05) is 0 Å². The van der Waals surface area contributed by atoms with Gasteiger partial charge in [-0.25, -0.2) is 0 Å². The van der Waals surface area contributed by atoms with E-state index in [2.05, 4.69) is 278 Å². The molecule has 71 heavy (non-hydrogen) atoms. The summed E-state index contributed by atoms with van der Waals surface area (Å²) in [5.41, 5.74) is 19.0. The Morgan fingerprint density at radius 3 is 1.59 bits per heavy atom. The fourth-order valence-corrected chi connectivity index (χ4v) is 11.6. The van der Waals surface area contributed by atoms with Crippen LogP contribution in [0.3, 0.4) is 0 Å². The number of para-hydroxylation sites is 1. The molecule has 1 aliphatic carbocycles. The second-order valence-electron chi connectivity index (χ2n) is 18.8. The molecule has 13 aromatic rings. The van der Waals surface area contributed by atoms with Crippen LogP contribution >= 0.6 is 0 Å². The molecular weight excluding hydrogens is 859 g/mol. The fourth-order valence-electron chi connectivity index (χ4n) is 11.6. The molecule has 0 bridgehead atoms. The predicted molar refractivity (Wildman–Crippen MR) is 297 cm³/mol. The van der Waals surface area contributed by atoms with Crippen molar-refractivity contribution in [2.75, 3.05) is 4.90 Å². The van der Waals surface area contributed by atoms with E-state index in [9.17, 15) is 0 Å². The number of fused-ring (bicyclic) bond motifs is 8. The number of benzene rings is 12. The van der Waals surface area contributed by atoms with Crippen molar-refractivity contribution in [2.45, 2.75) is 5.41 Å². The minimum absolute atomic E-state index is 0.549. The largest absolute Gasteiger partial charge is 0.456 e. The zero-order valence-electron chi connectivity index (χ0n) is 38.8. The lowest BCUT2D eigenvalue weighted by molar-refractivity contribution is 0.669. The van der Waals surface area contributed by atoms with Gasteiger partial charge < -0.3 is 9.32 Å². The quantitative estimate of drug-likeness (QED) is 0.151. The van der Waals surface area contributed by atoms with Gasteiger partial charge in [-0.2, -0.15) is 0 Å². The summed E-state index contributed by atoms with van der Waals surface area (Å²) in [7, 11) is 0. The maximum atomic E-state index is 6.52. The van der Waals surface area contributed by atoms with Crippen LogP contribution < -0.4 is 4.90 Å². The molecular formula is C69H45NO. The van der Waals surface area contributed by atoms with Crippen LogP contribution in [0, 0.1) is 0 Å².